The molecule has 0 saturated carbocycles. The smallest absolute Gasteiger partial charge is 0.273 e. The van der Waals surface area contributed by atoms with Crippen molar-refractivity contribution in [3.63, 3.8) is 0 Å². The van der Waals surface area contributed by atoms with Gasteiger partial charge in [0.1, 0.15) is 17.6 Å². The van der Waals surface area contributed by atoms with Gasteiger partial charge in [0.05, 0.1) is 16.6 Å². The average molecular weight is 275 g/mol. The van der Waals surface area contributed by atoms with E-state index in [1.165, 1.54) is 24.3 Å². The molecule has 0 fully saturated rings. The summed E-state index contributed by atoms with van der Waals surface area (Å²) < 4.78 is 5.46. The van der Waals surface area contributed by atoms with Gasteiger partial charge >= 0.3 is 0 Å². The zero-order valence-corrected chi connectivity index (χ0v) is 10.3. The van der Waals surface area contributed by atoms with Gasteiger partial charge in [-0.25, -0.2) is 0 Å². The number of nitro benzene ring substituents is 1. The van der Waals surface area contributed by atoms with Gasteiger partial charge in [-0.15, -0.1) is 0 Å². The van der Waals surface area contributed by atoms with Crippen LogP contribution in [0.4, 0.5) is 5.69 Å². The zero-order valence-electron chi connectivity index (χ0n) is 9.54. The van der Waals surface area contributed by atoms with E-state index in [4.69, 9.17) is 21.6 Å². The molecule has 0 aliphatic rings. The lowest BCUT2D eigenvalue weighted by Gasteiger charge is -2.07. The van der Waals surface area contributed by atoms with Gasteiger partial charge in [-0.2, -0.15) is 5.26 Å². The summed E-state index contributed by atoms with van der Waals surface area (Å²) in [7, 11) is 0. The Hall–Kier alpha value is -2.58. The Bertz CT molecular complexity index is 680. The minimum atomic E-state index is -0.514. The SMILES string of the molecule is N#Cc1cc(Cl)ccc1Oc1cccc([N+](=O)[O-])c1. The van der Waals surface area contributed by atoms with Crippen LogP contribution in [0.2, 0.25) is 5.02 Å². The summed E-state index contributed by atoms with van der Waals surface area (Å²) in [6.45, 7) is 0. The fraction of sp³-hybridized carbons (Fsp3) is 0. The van der Waals surface area contributed by atoms with Crippen LogP contribution in [0.1, 0.15) is 5.56 Å². The van der Waals surface area contributed by atoms with Crippen LogP contribution in [0, 0.1) is 21.4 Å². The summed E-state index contributed by atoms with van der Waals surface area (Å²) in [4.78, 5) is 10.1. The van der Waals surface area contributed by atoms with Crippen molar-refractivity contribution in [2.75, 3.05) is 0 Å². The van der Waals surface area contributed by atoms with Crippen molar-refractivity contribution in [3.8, 4) is 17.6 Å². The maximum absolute atomic E-state index is 10.7. The molecule has 0 radical (unpaired) electrons. The number of nitro groups is 1. The molecule has 19 heavy (non-hydrogen) atoms. The first-order chi connectivity index (χ1) is 9.10. The van der Waals surface area contributed by atoms with Gasteiger partial charge in [-0.1, -0.05) is 17.7 Å². The lowest BCUT2D eigenvalue weighted by atomic mass is 10.2. The molecule has 0 spiro atoms. The van der Waals surface area contributed by atoms with Gasteiger partial charge in [-0.3, -0.25) is 10.1 Å². The van der Waals surface area contributed by atoms with E-state index >= 15 is 0 Å². The quantitative estimate of drug-likeness (QED) is 0.628. The number of hydrogen-bond acceptors (Lipinski definition) is 4. The van der Waals surface area contributed by atoms with Crippen LogP contribution in [0.5, 0.6) is 11.5 Å². The van der Waals surface area contributed by atoms with Crippen LogP contribution in [-0.4, -0.2) is 4.92 Å². The Morgan fingerprint density at radius 1 is 1.26 bits per heavy atom. The van der Waals surface area contributed by atoms with Crippen molar-refractivity contribution in [1.82, 2.24) is 0 Å². The van der Waals surface area contributed by atoms with Gasteiger partial charge in [-0.05, 0) is 24.3 Å². The Balaban J connectivity index is 2.34. The topological polar surface area (TPSA) is 76.2 Å². The monoisotopic (exact) mass is 274 g/mol. The van der Waals surface area contributed by atoms with Gasteiger partial charge in [0, 0.05) is 11.1 Å². The van der Waals surface area contributed by atoms with Crippen molar-refractivity contribution in [2.45, 2.75) is 0 Å². The third-order valence-corrected chi connectivity index (χ3v) is 2.55. The molecule has 2 aromatic rings. The summed E-state index contributed by atoms with van der Waals surface area (Å²) in [6.07, 6.45) is 0. The molecule has 5 nitrogen and oxygen atoms in total. The highest BCUT2D eigenvalue weighted by Gasteiger charge is 2.09. The molecule has 0 heterocycles. The first-order valence-electron chi connectivity index (χ1n) is 5.22. The molecule has 0 saturated heterocycles. The van der Waals surface area contributed by atoms with Crippen LogP contribution < -0.4 is 4.74 Å². The second-order valence-electron chi connectivity index (χ2n) is 3.61. The highest BCUT2D eigenvalue weighted by Crippen LogP contribution is 2.29. The summed E-state index contributed by atoms with van der Waals surface area (Å²) >= 11 is 5.77. The lowest BCUT2D eigenvalue weighted by molar-refractivity contribution is -0.384. The molecule has 0 amide bonds. The number of hydrogen-bond donors (Lipinski definition) is 0. The zero-order chi connectivity index (χ0) is 13.8. The molecule has 2 rings (SSSR count). The minimum Gasteiger partial charge on any atom is -0.456 e. The largest absolute Gasteiger partial charge is 0.456 e. The fourth-order valence-corrected chi connectivity index (χ4v) is 1.64. The van der Waals surface area contributed by atoms with Gasteiger partial charge < -0.3 is 4.74 Å². The molecule has 0 unspecified atom stereocenters. The van der Waals surface area contributed by atoms with Crippen LogP contribution in [0.25, 0.3) is 0 Å². The average Bonchev–Trinajstić information content (AvgIpc) is 2.41. The number of non-ortho nitro benzene ring substituents is 1. The molecule has 0 aliphatic heterocycles. The molecule has 94 valence electrons. The Kier molecular flexibility index (Phi) is 3.64. The summed E-state index contributed by atoms with van der Waals surface area (Å²) in [5.41, 5.74) is 0.184. The normalized spacial score (nSPS) is 9.68. The molecule has 0 atom stereocenters. The van der Waals surface area contributed by atoms with Crippen molar-refractivity contribution in [2.24, 2.45) is 0 Å². The van der Waals surface area contributed by atoms with Crippen LogP contribution >= 0.6 is 11.6 Å². The van der Waals surface area contributed by atoms with Crippen molar-refractivity contribution >= 4 is 17.3 Å². The second-order valence-corrected chi connectivity index (χ2v) is 4.05. The number of rotatable bonds is 3. The Morgan fingerprint density at radius 3 is 2.74 bits per heavy atom. The number of benzene rings is 2. The number of nitriles is 1. The van der Waals surface area contributed by atoms with Gasteiger partial charge in [0.2, 0.25) is 0 Å². The molecule has 2 aromatic carbocycles. The minimum absolute atomic E-state index is 0.0787. The van der Waals surface area contributed by atoms with E-state index in [0.29, 0.717) is 10.8 Å². The third-order valence-electron chi connectivity index (χ3n) is 2.32. The van der Waals surface area contributed by atoms with Crippen molar-refractivity contribution < 1.29 is 9.66 Å². The van der Waals surface area contributed by atoms with Crippen molar-refractivity contribution in [3.05, 3.63) is 63.2 Å². The van der Waals surface area contributed by atoms with Crippen LogP contribution in [-0.2, 0) is 0 Å². The highest BCUT2D eigenvalue weighted by atomic mass is 35.5. The second kappa shape index (κ2) is 5.38. The van der Waals surface area contributed by atoms with E-state index in [1.807, 2.05) is 6.07 Å². The summed E-state index contributed by atoms with van der Waals surface area (Å²) in [5.74, 6) is 0.584. The molecule has 0 aromatic heterocycles. The van der Waals surface area contributed by atoms with E-state index in [1.54, 1.807) is 18.2 Å². The molecule has 6 heteroatoms. The first-order valence-corrected chi connectivity index (χ1v) is 5.60. The number of nitrogens with zero attached hydrogens (tertiary/aromatic N) is 2. The predicted octanol–water partition coefficient (Wildman–Crippen LogP) is 3.91. The Morgan fingerprint density at radius 2 is 2.05 bits per heavy atom. The third kappa shape index (κ3) is 3.00. The Labute approximate surface area is 113 Å². The first kappa shape index (κ1) is 12.9. The lowest BCUT2D eigenvalue weighted by Crippen LogP contribution is -1.91. The number of halogens is 1. The van der Waals surface area contributed by atoms with E-state index in [9.17, 15) is 10.1 Å². The molecule has 0 N–H and O–H groups in total. The van der Waals surface area contributed by atoms with E-state index in [-0.39, 0.29) is 17.0 Å². The van der Waals surface area contributed by atoms with E-state index in [2.05, 4.69) is 0 Å². The van der Waals surface area contributed by atoms with Crippen molar-refractivity contribution in [1.29, 1.82) is 5.26 Å². The maximum atomic E-state index is 10.7. The summed E-state index contributed by atoms with van der Waals surface area (Å²) in [5, 5.41) is 20.0. The summed E-state index contributed by atoms with van der Waals surface area (Å²) in [6, 6.07) is 12.3. The van der Waals surface area contributed by atoms with Crippen LogP contribution in [0.3, 0.4) is 0 Å². The molecule has 0 bridgehead atoms. The van der Waals surface area contributed by atoms with Gasteiger partial charge in [0.15, 0.2) is 0 Å². The maximum Gasteiger partial charge on any atom is 0.273 e. The molecular weight excluding hydrogens is 268 g/mol. The fourth-order valence-electron chi connectivity index (χ4n) is 1.47. The highest BCUT2D eigenvalue weighted by molar-refractivity contribution is 6.30. The van der Waals surface area contributed by atoms with E-state index < -0.39 is 4.92 Å². The predicted molar refractivity (Wildman–Crippen MR) is 69.3 cm³/mol. The van der Waals surface area contributed by atoms with Crippen LogP contribution in [0.15, 0.2) is 42.5 Å². The van der Waals surface area contributed by atoms with Gasteiger partial charge in [0.25, 0.3) is 5.69 Å². The standard InChI is InChI=1S/C13H7ClN2O3/c14-10-4-5-13(9(6-10)8-15)19-12-3-1-2-11(7-12)16(17)18/h1-7H. The molecule has 0 aliphatic carbocycles. The molecular formula is C13H7ClN2O3. The van der Waals surface area contributed by atoms with E-state index in [0.717, 1.165) is 0 Å². The number of ether oxygens (including phenoxy) is 1.